The van der Waals surface area contributed by atoms with Crippen LogP contribution in [0.4, 0.5) is 0 Å². The van der Waals surface area contributed by atoms with Crippen LogP contribution >= 0.6 is 0 Å². The second-order valence-corrected chi connectivity index (χ2v) is 9.42. The van der Waals surface area contributed by atoms with Gasteiger partial charge in [-0.25, -0.2) is 0 Å². The third-order valence-corrected chi connectivity index (χ3v) is 6.90. The molecule has 1 unspecified atom stereocenters. The minimum Gasteiger partial charge on any atom is -0.497 e. The lowest BCUT2D eigenvalue weighted by Gasteiger charge is -2.31. The number of nitrogens with zero attached hydrogens (tertiary/aromatic N) is 1. The van der Waals surface area contributed by atoms with Crippen LogP contribution in [0.1, 0.15) is 49.3 Å². The fraction of sp³-hybridized carbons (Fsp3) is 0.355. The van der Waals surface area contributed by atoms with Crippen molar-refractivity contribution in [3.63, 3.8) is 0 Å². The lowest BCUT2D eigenvalue weighted by Crippen LogP contribution is -2.37. The maximum atomic E-state index is 12.5. The van der Waals surface area contributed by atoms with Crippen LogP contribution in [0.5, 0.6) is 5.75 Å². The van der Waals surface area contributed by atoms with Gasteiger partial charge >= 0.3 is 0 Å². The van der Waals surface area contributed by atoms with Gasteiger partial charge in [-0.15, -0.1) is 0 Å². The molecule has 0 fully saturated rings. The van der Waals surface area contributed by atoms with Crippen molar-refractivity contribution in [1.29, 1.82) is 5.26 Å². The molecule has 3 rings (SSSR count). The molecule has 3 aromatic carbocycles. The van der Waals surface area contributed by atoms with Gasteiger partial charge < -0.3 is 15.4 Å². The molecule has 0 aromatic heterocycles. The summed E-state index contributed by atoms with van der Waals surface area (Å²) in [4.78, 5) is 12.5. The van der Waals surface area contributed by atoms with Gasteiger partial charge in [0.05, 0.1) is 25.1 Å². The second kappa shape index (κ2) is 13.5. The van der Waals surface area contributed by atoms with Crippen LogP contribution in [-0.2, 0) is 10.2 Å². The lowest BCUT2D eigenvalue weighted by molar-refractivity contribution is -0.120. The molecule has 5 nitrogen and oxygen atoms in total. The van der Waals surface area contributed by atoms with E-state index in [0.717, 1.165) is 17.7 Å². The highest BCUT2D eigenvalue weighted by Gasteiger charge is 2.35. The second-order valence-electron chi connectivity index (χ2n) is 9.42. The van der Waals surface area contributed by atoms with E-state index in [1.54, 1.807) is 7.11 Å². The van der Waals surface area contributed by atoms with Gasteiger partial charge in [-0.3, -0.25) is 4.79 Å². The monoisotopic (exact) mass is 483 g/mol. The molecule has 188 valence electrons. The first-order valence-corrected chi connectivity index (χ1v) is 12.6. The molecule has 0 spiro atoms. The number of nitriles is 1. The number of carbonyl (C=O) groups is 1. The number of ether oxygens (including phenoxy) is 1. The fourth-order valence-corrected chi connectivity index (χ4v) is 4.69. The van der Waals surface area contributed by atoms with Gasteiger partial charge in [-0.05, 0) is 47.6 Å². The van der Waals surface area contributed by atoms with Crippen molar-refractivity contribution in [2.24, 2.45) is 5.92 Å². The number of methoxy groups -OCH3 is 1. The van der Waals surface area contributed by atoms with Crippen molar-refractivity contribution in [3.8, 4) is 11.8 Å². The lowest BCUT2D eigenvalue weighted by atomic mass is 9.70. The first kappa shape index (κ1) is 27.0. The predicted octanol–water partition coefficient (Wildman–Crippen LogP) is 5.43. The van der Waals surface area contributed by atoms with Crippen LogP contribution in [0.15, 0.2) is 84.9 Å². The Hall–Kier alpha value is -3.62. The van der Waals surface area contributed by atoms with Crippen molar-refractivity contribution < 1.29 is 9.53 Å². The maximum Gasteiger partial charge on any atom is 0.233 e. The third-order valence-electron chi connectivity index (χ3n) is 6.90. The molecule has 1 atom stereocenters. The molecule has 0 saturated heterocycles. The zero-order valence-electron chi connectivity index (χ0n) is 21.5. The molecule has 0 radical (unpaired) electrons. The van der Waals surface area contributed by atoms with E-state index in [1.807, 2.05) is 60.7 Å². The molecular formula is C31H37N3O2. The number of rotatable bonds is 13. The SMILES string of the molecule is COc1ccc(C(C#N)(CCCNC(=O)CNCC(c2ccccc2)c2ccccc2)C(C)C)cc1. The minimum absolute atomic E-state index is 0.0357. The third kappa shape index (κ3) is 6.96. The van der Waals surface area contributed by atoms with Crippen LogP contribution in [-0.4, -0.2) is 32.7 Å². The standard InChI is InChI=1S/C31H37N3O2/c1-24(2)31(23-32,27-15-17-28(36-3)18-16-27)19-10-20-34-30(35)22-33-21-29(25-11-6-4-7-12-25)26-13-8-5-9-14-26/h4-9,11-18,24,29,33H,10,19-22H2,1-3H3,(H,34,35). The van der Waals surface area contributed by atoms with E-state index in [-0.39, 0.29) is 24.3 Å². The zero-order chi connectivity index (χ0) is 25.8. The van der Waals surface area contributed by atoms with Crippen LogP contribution in [0.2, 0.25) is 0 Å². The van der Waals surface area contributed by atoms with Crippen LogP contribution in [0.25, 0.3) is 0 Å². The van der Waals surface area contributed by atoms with E-state index in [1.165, 1.54) is 11.1 Å². The van der Waals surface area contributed by atoms with Crippen LogP contribution in [0.3, 0.4) is 0 Å². The smallest absolute Gasteiger partial charge is 0.233 e. The summed E-state index contributed by atoms with van der Waals surface area (Å²) in [5, 5.41) is 16.5. The summed E-state index contributed by atoms with van der Waals surface area (Å²) in [5.41, 5.74) is 2.82. The van der Waals surface area contributed by atoms with E-state index < -0.39 is 5.41 Å². The number of carbonyl (C=O) groups excluding carboxylic acids is 1. The highest BCUT2D eigenvalue weighted by Crippen LogP contribution is 2.37. The van der Waals surface area contributed by atoms with Crippen molar-refractivity contribution in [2.75, 3.05) is 26.7 Å². The molecule has 0 saturated carbocycles. The molecule has 36 heavy (non-hydrogen) atoms. The zero-order valence-corrected chi connectivity index (χ0v) is 21.5. The molecule has 5 heteroatoms. The molecule has 0 aliphatic rings. The summed E-state index contributed by atoms with van der Waals surface area (Å²) < 4.78 is 5.26. The summed E-state index contributed by atoms with van der Waals surface area (Å²) in [7, 11) is 1.63. The van der Waals surface area contributed by atoms with Crippen LogP contribution < -0.4 is 15.4 Å². The van der Waals surface area contributed by atoms with Crippen molar-refractivity contribution >= 4 is 5.91 Å². The summed E-state index contributed by atoms with van der Waals surface area (Å²) in [6, 6.07) is 31.0. The average Bonchev–Trinajstić information content (AvgIpc) is 2.92. The molecule has 1 amide bonds. The van der Waals surface area contributed by atoms with Gasteiger partial charge in [0.15, 0.2) is 0 Å². The summed E-state index contributed by atoms with van der Waals surface area (Å²) in [6.07, 6.45) is 1.39. The van der Waals surface area contributed by atoms with Crippen molar-refractivity contribution in [3.05, 3.63) is 102 Å². The molecule has 0 aliphatic heterocycles. The van der Waals surface area contributed by atoms with Gasteiger partial charge in [-0.2, -0.15) is 5.26 Å². The Morgan fingerprint density at radius 1 is 0.944 bits per heavy atom. The number of hydrogen-bond donors (Lipinski definition) is 2. The topological polar surface area (TPSA) is 74.1 Å². The number of benzene rings is 3. The number of hydrogen-bond acceptors (Lipinski definition) is 4. The van der Waals surface area contributed by atoms with E-state index in [0.29, 0.717) is 19.5 Å². The van der Waals surface area contributed by atoms with E-state index in [9.17, 15) is 10.1 Å². The Bertz CT molecular complexity index is 1070. The Labute approximate surface area is 215 Å². The molecule has 3 aromatic rings. The quantitative estimate of drug-likeness (QED) is 0.318. The maximum absolute atomic E-state index is 12.5. The van der Waals surface area contributed by atoms with Gasteiger partial charge in [0.1, 0.15) is 5.75 Å². The van der Waals surface area contributed by atoms with Gasteiger partial charge in [0, 0.05) is 19.0 Å². The predicted molar refractivity (Wildman–Crippen MR) is 145 cm³/mol. The highest BCUT2D eigenvalue weighted by molar-refractivity contribution is 5.77. The van der Waals surface area contributed by atoms with Crippen molar-refractivity contribution in [2.45, 2.75) is 38.0 Å². The average molecular weight is 484 g/mol. The van der Waals surface area contributed by atoms with Gasteiger partial charge in [0.25, 0.3) is 0 Å². The number of nitrogens with one attached hydrogen (secondary N) is 2. The molecule has 0 heterocycles. The minimum atomic E-state index is -0.603. The van der Waals surface area contributed by atoms with E-state index in [4.69, 9.17) is 4.74 Å². The normalized spacial score (nSPS) is 12.7. The van der Waals surface area contributed by atoms with Gasteiger partial charge in [-0.1, -0.05) is 86.6 Å². The first-order chi connectivity index (χ1) is 17.5. The van der Waals surface area contributed by atoms with E-state index >= 15 is 0 Å². The van der Waals surface area contributed by atoms with Crippen molar-refractivity contribution in [1.82, 2.24) is 10.6 Å². The van der Waals surface area contributed by atoms with Gasteiger partial charge in [0.2, 0.25) is 5.91 Å². The van der Waals surface area contributed by atoms with E-state index in [2.05, 4.69) is 54.8 Å². The Morgan fingerprint density at radius 3 is 2.03 bits per heavy atom. The summed E-state index contributed by atoms with van der Waals surface area (Å²) in [5.74, 6) is 1.05. The highest BCUT2D eigenvalue weighted by atomic mass is 16.5. The largest absolute Gasteiger partial charge is 0.497 e. The molecular weight excluding hydrogens is 446 g/mol. The number of amides is 1. The fourth-order valence-electron chi connectivity index (χ4n) is 4.69. The Balaban J connectivity index is 1.50. The summed E-state index contributed by atoms with van der Waals surface area (Å²) >= 11 is 0. The first-order valence-electron chi connectivity index (χ1n) is 12.6. The molecule has 0 bridgehead atoms. The molecule has 2 N–H and O–H groups in total. The summed E-state index contributed by atoms with van der Waals surface area (Å²) in [6.45, 7) is 5.61. The molecule has 0 aliphatic carbocycles. The Kier molecular flexibility index (Phi) is 10.1. The van der Waals surface area contributed by atoms with Crippen LogP contribution in [0, 0.1) is 17.2 Å². The Morgan fingerprint density at radius 2 is 1.53 bits per heavy atom.